The van der Waals surface area contributed by atoms with Gasteiger partial charge in [-0.15, -0.1) is 10.2 Å². The smallest absolute Gasteiger partial charge is 0.227 e. The molecule has 1 N–H and O–H groups in total. The van der Waals surface area contributed by atoms with E-state index in [1.165, 1.54) is 0 Å². The molecule has 24 heavy (non-hydrogen) atoms. The number of amides is 1. The number of ether oxygens (including phenoxy) is 2. The lowest BCUT2D eigenvalue weighted by atomic mass is 10.2. The normalized spacial score (nSPS) is 17.0. The van der Waals surface area contributed by atoms with Crippen molar-refractivity contribution in [2.45, 2.75) is 32.4 Å². The van der Waals surface area contributed by atoms with Gasteiger partial charge < -0.3 is 19.4 Å². The number of rotatable bonds is 5. The highest BCUT2D eigenvalue weighted by atomic mass is 16.5. The number of nitrogens with zero attached hydrogens (tertiary/aromatic N) is 3. The van der Waals surface area contributed by atoms with Crippen molar-refractivity contribution in [3.05, 3.63) is 35.9 Å². The summed E-state index contributed by atoms with van der Waals surface area (Å²) in [5.74, 6) is 2.58. The number of fused-ring (bicyclic) bond motifs is 1. The summed E-state index contributed by atoms with van der Waals surface area (Å²) in [5.41, 5.74) is 0.702. The Bertz CT molecular complexity index is 739. The Morgan fingerprint density at radius 2 is 2.17 bits per heavy atom. The molecule has 1 aromatic carbocycles. The van der Waals surface area contributed by atoms with E-state index in [1.54, 1.807) is 0 Å². The fourth-order valence-corrected chi connectivity index (χ4v) is 2.76. The van der Waals surface area contributed by atoms with Crippen LogP contribution in [-0.2, 0) is 29.1 Å². The van der Waals surface area contributed by atoms with E-state index in [1.807, 2.05) is 24.3 Å². The molecule has 1 fully saturated rings. The van der Waals surface area contributed by atoms with Crippen LogP contribution in [-0.4, -0.2) is 33.9 Å². The Morgan fingerprint density at radius 3 is 3.04 bits per heavy atom. The Kier molecular flexibility index (Phi) is 4.17. The van der Waals surface area contributed by atoms with Crippen molar-refractivity contribution in [2.24, 2.45) is 5.92 Å². The second-order valence-corrected chi connectivity index (χ2v) is 6.09. The number of carbonyl (C=O) groups excluding carboxylic acids is 1. The molecule has 7 nitrogen and oxygen atoms in total. The standard InChI is InChI=1S/C17H20N4O3/c22-17(12-5-6-12)18-13-3-1-2-4-14(13)24-11-16-20-19-15-7-9-23-10-8-21(15)16/h1-4,12H,5-11H2,(H,18,22). The number of benzene rings is 1. The van der Waals surface area contributed by atoms with Crippen LogP contribution < -0.4 is 10.1 Å². The Balaban J connectivity index is 1.46. The molecule has 0 bridgehead atoms. The summed E-state index contributed by atoms with van der Waals surface area (Å²) in [6.07, 6.45) is 2.71. The van der Waals surface area contributed by atoms with Gasteiger partial charge in [0.05, 0.1) is 18.9 Å². The molecule has 2 aromatic rings. The lowest BCUT2D eigenvalue weighted by Crippen LogP contribution is -2.15. The van der Waals surface area contributed by atoms with Crippen LogP contribution in [0.4, 0.5) is 5.69 Å². The van der Waals surface area contributed by atoms with Crippen molar-refractivity contribution in [1.29, 1.82) is 0 Å². The Morgan fingerprint density at radius 1 is 1.29 bits per heavy atom. The van der Waals surface area contributed by atoms with Crippen molar-refractivity contribution >= 4 is 11.6 Å². The molecule has 0 unspecified atom stereocenters. The van der Waals surface area contributed by atoms with Gasteiger partial charge in [0.2, 0.25) is 5.91 Å². The third kappa shape index (κ3) is 3.26. The zero-order valence-corrected chi connectivity index (χ0v) is 13.4. The van der Waals surface area contributed by atoms with Gasteiger partial charge in [0.25, 0.3) is 0 Å². The van der Waals surface area contributed by atoms with Gasteiger partial charge in [-0.2, -0.15) is 0 Å². The van der Waals surface area contributed by atoms with E-state index >= 15 is 0 Å². The molecule has 0 spiro atoms. The highest BCUT2D eigenvalue weighted by molar-refractivity contribution is 5.95. The topological polar surface area (TPSA) is 78.3 Å². The molecule has 7 heteroatoms. The van der Waals surface area contributed by atoms with Crippen molar-refractivity contribution in [2.75, 3.05) is 18.5 Å². The lowest BCUT2D eigenvalue weighted by Gasteiger charge is -2.12. The highest BCUT2D eigenvalue weighted by Gasteiger charge is 2.30. The SMILES string of the molecule is O=C(Nc1ccccc1OCc1nnc2n1CCOCC2)C1CC1. The van der Waals surface area contributed by atoms with Gasteiger partial charge in [-0.25, -0.2) is 0 Å². The number of hydrogen-bond donors (Lipinski definition) is 1. The molecular weight excluding hydrogens is 308 g/mol. The fraction of sp³-hybridized carbons (Fsp3) is 0.471. The maximum absolute atomic E-state index is 12.0. The summed E-state index contributed by atoms with van der Waals surface area (Å²) in [5, 5.41) is 11.4. The summed E-state index contributed by atoms with van der Waals surface area (Å²) >= 11 is 0. The number of nitrogens with one attached hydrogen (secondary N) is 1. The molecule has 1 aliphatic carbocycles. The number of anilines is 1. The summed E-state index contributed by atoms with van der Waals surface area (Å²) in [7, 11) is 0. The van der Waals surface area contributed by atoms with Crippen molar-refractivity contribution < 1.29 is 14.3 Å². The minimum absolute atomic E-state index is 0.0690. The van der Waals surface area contributed by atoms with E-state index in [0.717, 1.165) is 37.5 Å². The first kappa shape index (κ1) is 15.1. The Hall–Kier alpha value is -2.41. The second kappa shape index (κ2) is 6.60. The van der Waals surface area contributed by atoms with Gasteiger partial charge in [0, 0.05) is 18.9 Å². The van der Waals surface area contributed by atoms with Crippen LogP contribution in [0.15, 0.2) is 24.3 Å². The zero-order chi connectivity index (χ0) is 16.4. The largest absolute Gasteiger partial charge is 0.483 e. The second-order valence-electron chi connectivity index (χ2n) is 6.09. The third-order valence-electron chi connectivity index (χ3n) is 4.28. The first-order valence-electron chi connectivity index (χ1n) is 8.32. The van der Waals surface area contributed by atoms with Crippen molar-refractivity contribution in [3.63, 3.8) is 0 Å². The number of para-hydroxylation sites is 2. The molecule has 1 amide bonds. The molecule has 1 aromatic heterocycles. The van der Waals surface area contributed by atoms with Crippen LogP contribution >= 0.6 is 0 Å². The predicted molar refractivity (Wildman–Crippen MR) is 86.7 cm³/mol. The van der Waals surface area contributed by atoms with Crippen molar-refractivity contribution in [3.8, 4) is 5.75 Å². The molecule has 2 heterocycles. The Labute approximate surface area is 140 Å². The number of hydrogen-bond acceptors (Lipinski definition) is 5. The van der Waals surface area contributed by atoms with Crippen molar-refractivity contribution in [1.82, 2.24) is 14.8 Å². The van der Waals surface area contributed by atoms with Crippen LogP contribution in [0.25, 0.3) is 0 Å². The van der Waals surface area contributed by atoms with Gasteiger partial charge >= 0.3 is 0 Å². The molecule has 126 valence electrons. The van der Waals surface area contributed by atoms with E-state index in [2.05, 4.69) is 20.1 Å². The van der Waals surface area contributed by atoms with Crippen LogP contribution in [0.5, 0.6) is 5.75 Å². The molecule has 1 aliphatic heterocycles. The average molecular weight is 328 g/mol. The van der Waals surface area contributed by atoms with Gasteiger partial charge in [-0.1, -0.05) is 12.1 Å². The minimum atomic E-state index is 0.0690. The van der Waals surface area contributed by atoms with Crippen LogP contribution in [0.1, 0.15) is 24.5 Å². The summed E-state index contributed by atoms with van der Waals surface area (Å²) in [4.78, 5) is 12.0. The number of carbonyl (C=O) groups is 1. The maximum atomic E-state index is 12.0. The van der Waals surface area contributed by atoms with Crippen LogP contribution in [0.3, 0.4) is 0 Å². The van der Waals surface area contributed by atoms with Gasteiger partial charge in [-0.05, 0) is 25.0 Å². The van der Waals surface area contributed by atoms with Gasteiger partial charge in [-0.3, -0.25) is 4.79 Å². The predicted octanol–water partition coefficient (Wildman–Crippen LogP) is 1.78. The average Bonchev–Trinajstić information content (AvgIpc) is 3.40. The zero-order valence-electron chi connectivity index (χ0n) is 13.4. The van der Waals surface area contributed by atoms with E-state index in [9.17, 15) is 4.79 Å². The van der Waals surface area contributed by atoms with E-state index in [4.69, 9.17) is 9.47 Å². The first-order chi connectivity index (χ1) is 11.8. The summed E-state index contributed by atoms with van der Waals surface area (Å²) in [6, 6.07) is 7.48. The van der Waals surface area contributed by atoms with E-state index in [0.29, 0.717) is 31.3 Å². The van der Waals surface area contributed by atoms with Crippen LogP contribution in [0, 0.1) is 5.92 Å². The highest BCUT2D eigenvalue weighted by Crippen LogP contribution is 2.32. The molecule has 0 saturated heterocycles. The molecule has 0 atom stereocenters. The van der Waals surface area contributed by atoms with E-state index in [-0.39, 0.29) is 11.8 Å². The first-order valence-corrected chi connectivity index (χ1v) is 8.32. The monoisotopic (exact) mass is 328 g/mol. The molecule has 4 rings (SSSR count). The molecular formula is C17H20N4O3. The molecule has 0 radical (unpaired) electrons. The van der Waals surface area contributed by atoms with Gasteiger partial charge in [0.15, 0.2) is 5.82 Å². The quantitative estimate of drug-likeness (QED) is 0.905. The molecule has 2 aliphatic rings. The summed E-state index contributed by atoms with van der Waals surface area (Å²) in [6.45, 7) is 2.38. The summed E-state index contributed by atoms with van der Waals surface area (Å²) < 4.78 is 13.4. The van der Waals surface area contributed by atoms with Gasteiger partial charge in [0.1, 0.15) is 18.2 Å². The lowest BCUT2D eigenvalue weighted by molar-refractivity contribution is -0.117. The van der Waals surface area contributed by atoms with Crippen LogP contribution in [0.2, 0.25) is 0 Å². The minimum Gasteiger partial charge on any atom is -0.483 e. The molecule has 1 saturated carbocycles. The third-order valence-corrected chi connectivity index (χ3v) is 4.28. The number of aromatic nitrogens is 3. The van der Waals surface area contributed by atoms with E-state index < -0.39 is 0 Å². The fourth-order valence-electron chi connectivity index (χ4n) is 2.76. The maximum Gasteiger partial charge on any atom is 0.227 e.